The standard InChI is InChI=1S/C18H28N2O3/c1-5-11-20(12-6-2)18(22)13-17(21)19-15-7-9-16(10-8-15)23-14(3)4/h7-10,14H,5-6,11-13H2,1-4H3,(H,19,21). The first kappa shape index (κ1) is 19.0. The summed E-state index contributed by atoms with van der Waals surface area (Å²) in [6.07, 6.45) is 1.77. The van der Waals surface area contributed by atoms with Gasteiger partial charge in [-0.2, -0.15) is 0 Å². The molecule has 1 N–H and O–H groups in total. The molecule has 1 rings (SSSR count). The fourth-order valence-electron chi connectivity index (χ4n) is 2.24. The molecular formula is C18H28N2O3. The minimum Gasteiger partial charge on any atom is -0.491 e. The van der Waals surface area contributed by atoms with Crippen LogP contribution in [0.15, 0.2) is 24.3 Å². The third-order valence-corrected chi connectivity index (χ3v) is 3.16. The monoisotopic (exact) mass is 320 g/mol. The molecule has 0 heterocycles. The second-order valence-electron chi connectivity index (χ2n) is 5.80. The zero-order valence-corrected chi connectivity index (χ0v) is 14.6. The summed E-state index contributed by atoms with van der Waals surface area (Å²) in [5, 5.41) is 2.75. The van der Waals surface area contributed by atoms with E-state index in [4.69, 9.17) is 4.74 Å². The summed E-state index contributed by atoms with van der Waals surface area (Å²) in [6.45, 7) is 9.36. The number of hydrogen-bond acceptors (Lipinski definition) is 3. The van der Waals surface area contributed by atoms with Crippen molar-refractivity contribution in [1.82, 2.24) is 4.90 Å². The van der Waals surface area contributed by atoms with E-state index in [1.165, 1.54) is 0 Å². The van der Waals surface area contributed by atoms with Crippen molar-refractivity contribution < 1.29 is 14.3 Å². The van der Waals surface area contributed by atoms with E-state index in [2.05, 4.69) is 5.32 Å². The Balaban J connectivity index is 2.53. The molecule has 0 aromatic heterocycles. The second kappa shape index (κ2) is 9.87. The molecule has 0 bridgehead atoms. The van der Waals surface area contributed by atoms with Gasteiger partial charge >= 0.3 is 0 Å². The molecule has 0 aliphatic carbocycles. The molecule has 0 saturated carbocycles. The third kappa shape index (κ3) is 7.17. The quantitative estimate of drug-likeness (QED) is 0.709. The molecule has 0 aliphatic heterocycles. The van der Waals surface area contributed by atoms with Crippen LogP contribution in [0, 0.1) is 0 Å². The van der Waals surface area contributed by atoms with Crippen LogP contribution in [0.1, 0.15) is 47.0 Å². The average molecular weight is 320 g/mol. The highest BCUT2D eigenvalue weighted by Crippen LogP contribution is 2.17. The van der Waals surface area contributed by atoms with Gasteiger partial charge in [-0.05, 0) is 51.0 Å². The Morgan fingerprint density at radius 2 is 1.65 bits per heavy atom. The first-order valence-electron chi connectivity index (χ1n) is 8.30. The number of nitrogens with zero attached hydrogens (tertiary/aromatic N) is 1. The van der Waals surface area contributed by atoms with E-state index >= 15 is 0 Å². The van der Waals surface area contributed by atoms with Crippen LogP contribution in [0.2, 0.25) is 0 Å². The summed E-state index contributed by atoms with van der Waals surface area (Å²) < 4.78 is 5.55. The number of benzene rings is 1. The molecule has 0 aliphatic rings. The predicted octanol–water partition coefficient (Wildman–Crippen LogP) is 3.45. The second-order valence-corrected chi connectivity index (χ2v) is 5.80. The molecule has 0 saturated heterocycles. The first-order valence-corrected chi connectivity index (χ1v) is 8.30. The minimum atomic E-state index is -0.287. The molecule has 0 fully saturated rings. The van der Waals surface area contributed by atoms with Crippen LogP contribution in [0.5, 0.6) is 5.75 Å². The van der Waals surface area contributed by atoms with Crippen molar-refractivity contribution >= 4 is 17.5 Å². The zero-order chi connectivity index (χ0) is 17.2. The molecule has 0 spiro atoms. The molecule has 1 aromatic carbocycles. The van der Waals surface area contributed by atoms with Gasteiger partial charge in [-0.3, -0.25) is 9.59 Å². The van der Waals surface area contributed by atoms with Crippen LogP contribution in [-0.2, 0) is 9.59 Å². The molecule has 0 unspecified atom stereocenters. The summed E-state index contributed by atoms with van der Waals surface area (Å²) >= 11 is 0. The van der Waals surface area contributed by atoms with Crippen molar-refractivity contribution in [2.75, 3.05) is 18.4 Å². The van der Waals surface area contributed by atoms with E-state index in [1.807, 2.05) is 27.7 Å². The van der Waals surface area contributed by atoms with Crippen LogP contribution in [-0.4, -0.2) is 35.9 Å². The molecule has 128 valence electrons. The highest BCUT2D eigenvalue weighted by atomic mass is 16.5. The number of carbonyl (C=O) groups is 2. The van der Waals surface area contributed by atoms with E-state index in [9.17, 15) is 9.59 Å². The SMILES string of the molecule is CCCN(CCC)C(=O)CC(=O)Nc1ccc(OC(C)C)cc1. The van der Waals surface area contributed by atoms with Crippen LogP contribution >= 0.6 is 0 Å². The number of rotatable bonds is 9. The van der Waals surface area contributed by atoms with E-state index in [0.29, 0.717) is 18.8 Å². The molecule has 2 amide bonds. The van der Waals surface area contributed by atoms with Crippen molar-refractivity contribution in [3.63, 3.8) is 0 Å². The number of anilines is 1. The third-order valence-electron chi connectivity index (χ3n) is 3.16. The Bertz CT molecular complexity index is 491. The maximum absolute atomic E-state index is 12.1. The van der Waals surface area contributed by atoms with E-state index in [1.54, 1.807) is 29.2 Å². The molecule has 0 radical (unpaired) electrons. The van der Waals surface area contributed by atoms with Gasteiger partial charge in [0.15, 0.2) is 0 Å². The minimum absolute atomic E-state index is 0.108. The molecule has 5 heteroatoms. The van der Waals surface area contributed by atoms with Crippen LogP contribution in [0.25, 0.3) is 0 Å². The van der Waals surface area contributed by atoms with Crippen molar-refractivity contribution in [3.8, 4) is 5.75 Å². The topological polar surface area (TPSA) is 58.6 Å². The number of hydrogen-bond donors (Lipinski definition) is 1. The Morgan fingerprint density at radius 1 is 1.09 bits per heavy atom. The molecule has 1 aromatic rings. The maximum atomic E-state index is 12.1. The number of amides is 2. The van der Waals surface area contributed by atoms with Crippen molar-refractivity contribution in [3.05, 3.63) is 24.3 Å². The van der Waals surface area contributed by atoms with Crippen LogP contribution < -0.4 is 10.1 Å². The highest BCUT2D eigenvalue weighted by molar-refractivity contribution is 6.03. The van der Waals surface area contributed by atoms with Gasteiger partial charge in [-0.25, -0.2) is 0 Å². The highest BCUT2D eigenvalue weighted by Gasteiger charge is 2.16. The lowest BCUT2D eigenvalue weighted by atomic mass is 10.2. The summed E-state index contributed by atoms with van der Waals surface area (Å²) in [7, 11) is 0. The van der Waals surface area contributed by atoms with Gasteiger partial charge in [0.05, 0.1) is 6.10 Å². The smallest absolute Gasteiger partial charge is 0.233 e. The van der Waals surface area contributed by atoms with Gasteiger partial charge in [-0.15, -0.1) is 0 Å². The number of carbonyl (C=O) groups excluding carboxylic acids is 2. The lowest BCUT2D eigenvalue weighted by molar-refractivity contribution is -0.134. The van der Waals surface area contributed by atoms with Gasteiger partial charge in [0.2, 0.25) is 11.8 Å². The summed E-state index contributed by atoms with van der Waals surface area (Å²) in [5.41, 5.74) is 0.663. The zero-order valence-electron chi connectivity index (χ0n) is 14.6. The lowest BCUT2D eigenvalue weighted by Crippen LogP contribution is -2.35. The fraction of sp³-hybridized carbons (Fsp3) is 0.556. The molecule has 5 nitrogen and oxygen atoms in total. The summed E-state index contributed by atoms with van der Waals surface area (Å²) in [6, 6.07) is 7.15. The number of ether oxygens (including phenoxy) is 1. The molecule has 23 heavy (non-hydrogen) atoms. The normalized spacial score (nSPS) is 10.5. The largest absolute Gasteiger partial charge is 0.491 e. The first-order chi connectivity index (χ1) is 11.0. The van der Waals surface area contributed by atoms with Gasteiger partial charge < -0.3 is 15.0 Å². The fourth-order valence-corrected chi connectivity index (χ4v) is 2.24. The Kier molecular flexibility index (Phi) is 8.16. The molecule has 0 atom stereocenters. The summed E-state index contributed by atoms with van der Waals surface area (Å²) in [5.74, 6) is 0.349. The van der Waals surface area contributed by atoms with Crippen LogP contribution in [0.4, 0.5) is 5.69 Å². The number of nitrogens with one attached hydrogen (secondary N) is 1. The van der Waals surface area contributed by atoms with Crippen molar-refractivity contribution in [1.29, 1.82) is 0 Å². The summed E-state index contributed by atoms with van der Waals surface area (Å²) in [4.78, 5) is 25.9. The van der Waals surface area contributed by atoms with Gasteiger partial charge in [0, 0.05) is 18.8 Å². The average Bonchev–Trinajstić information content (AvgIpc) is 2.48. The van der Waals surface area contributed by atoms with Crippen molar-refractivity contribution in [2.45, 2.75) is 53.1 Å². The van der Waals surface area contributed by atoms with E-state index in [-0.39, 0.29) is 24.3 Å². The lowest BCUT2D eigenvalue weighted by Gasteiger charge is -2.21. The Morgan fingerprint density at radius 3 is 2.13 bits per heavy atom. The van der Waals surface area contributed by atoms with Gasteiger partial charge in [-0.1, -0.05) is 13.8 Å². The Labute approximate surface area is 139 Å². The predicted molar refractivity (Wildman–Crippen MR) is 92.6 cm³/mol. The van der Waals surface area contributed by atoms with Gasteiger partial charge in [0.1, 0.15) is 12.2 Å². The van der Waals surface area contributed by atoms with E-state index in [0.717, 1.165) is 18.6 Å². The molecular weight excluding hydrogens is 292 g/mol. The maximum Gasteiger partial charge on any atom is 0.233 e. The van der Waals surface area contributed by atoms with Crippen LogP contribution in [0.3, 0.4) is 0 Å². The Hall–Kier alpha value is -2.04. The van der Waals surface area contributed by atoms with Crippen molar-refractivity contribution in [2.24, 2.45) is 0 Å². The van der Waals surface area contributed by atoms with E-state index < -0.39 is 0 Å². The van der Waals surface area contributed by atoms with Gasteiger partial charge in [0.25, 0.3) is 0 Å².